The summed E-state index contributed by atoms with van der Waals surface area (Å²) < 4.78 is 43.0. The van der Waals surface area contributed by atoms with Gasteiger partial charge in [-0.15, -0.1) is 0 Å². The summed E-state index contributed by atoms with van der Waals surface area (Å²) in [6.07, 6.45) is 6.99. The molecular formula is C35H42F2N6O3. The van der Waals surface area contributed by atoms with Crippen LogP contribution in [0.2, 0.25) is 0 Å². The number of amides is 1. The van der Waals surface area contributed by atoms with E-state index in [4.69, 9.17) is 14.5 Å². The van der Waals surface area contributed by atoms with Crippen molar-refractivity contribution in [3.8, 4) is 17.3 Å². The Labute approximate surface area is 268 Å². The van der Waals surface area contributed by atoms with Gasteiger partial charge >= 0.3 is 12.1 Å². The molecule has 5 fully saturated rings. The van der Waals surface area contributed by atoms with Crippen molar-refractivity contribution in [2.45, 2.75) is 101 Å². The van der Waals surface area contributed by atoms with E-state index < -0.39 is 17.6 Å². The maximum absolute atomic E-state index is 16.7. The first-order valence-electron chi connectivity index (χ1n) is 16.8. The maximum Gasteiger partial charge on any atom is 0.410 e. The van der Waals surface area contributed by atoms with Crippen molar-refractivity contribution < 1.29 is 23.0 Å². The van der Waals surface area contributed by atoms with Crippen molar-refractivity contribution in [1.29, 1.82) is 0 Å². The fraction of sp³-hybridized carbons (Fsp3) is 0.600. The number of alkyl halides is 1. The van der Waals surface area contributed by atoms with Gasteiger partial charge < -0.3 is 14.4 Å². The fourth-order valence-corrected chi connectivity index (χ4v) is 8.39. The molecule has 3 unspecified atom stereocenters. The highest BCUT2D eigenvalue weighted by Gasteiger charge is 2.47. The Kier molecular flexibility index (Phi) is 7.12. The summed E-state index contributed by atoms with van der Waals surface area (Å²) >= 11 is 0. The van der Waals surface area contributed by atoms with Gasteiger partial charge in [-0.25, -0.2) is 13.6 Å². The van der Waals surface area contributed by atoms with Gasteiger partial charge in [0.05, 0.1) is 23.0 Å². The van der Waals surface area contributed by atoms with Crippen molar-refractivity contribution >= 4 is 22.8 Å². The Bertz CT molecular complexity index is 1660. The fourth-order valence-electron chi connectivity index (χ4n) is 8.39. The maximum atomic E-state index is 16.7. The first-order valence-corrected chi connectivity index (χ1v) is 16.8. The predicted molar refractivity (Wildman–Crippen MR) is 170 cm³/mol. The Hall–Kier alpha value is -3.60. The summed E-state index contributed by atoms with van der Waals surface area (Å²) in [6.45, 7) is 9.30. The summed E-state index contributed by atoms with van der Waals surface area (Å²) in [5.41, 5.74) is 1.05. The number of aromatic nitrogens is 3. The number of hydrogen-bond donors (Lipinski definition) is 0. The minimum absolute atomic E-state index is 0.0231. The molecule has 6 heterocycles. The molecule has 1 saturated carbocycles. The van der Waals surface area contributed by atoms with Gasteiger partial charge in [0.1, 0.15) is 35.4 Å². The van der Waals surface area contributed by atoms with Crippen molar-refractivity contribution in [2.75, 3.05) is 37.7 Å². The third-order valence-corrected chi connectivity index (χ3v) is 10.6. The minimum atomic E-state index is -0.918. The van der Waals surface area contributed by atoms with Crippen molar-refractivity contribution in [2.24, 2.45) is 0 Å². The molecule has 11 heteroatoms. The number of rotatable bonds is 6. The van der Waals surface area contributed by atoms with E-state index in [0.717, 1.165) is 57.2 Å². The number of carbonyl (C=O) groups excluding carboxylic acids is 1. The first kappa shape index (κ1) is 29.8. The van der Waals surface area contributed by atoms with E-state index in [1.165, 1.54) is 0 Å². The summed E-state index contributed by atoms with van der Waals surface area (Å²) in [6, 6.07) is 7.39. The number of anilines is 1. The van der Waals surface area contributed by atoms with Crippen LogP contribution in [-0.4, -0.2) is 93.0 Å². The highest BCUT2D eigenvalue weighted by Crippen LogP contribution is 2.47. The molecule has 9 nitrogen and oxygen atoms in total. The zero-order valence-corrected chi connectivity index (χ0v) is 26.8. The second kappa shape index (κ2) is 11.0. The Morgan fingerprint density at radius 1 is 1.07 bits per heavy atom. The van der Waals surface area contributed by atoms with Crippen LogP contribution in [-0.2, 0) is 4.74 Å². The second-order valence-electron chi connectivity index (χ2n) is 14.8. The number of pyridine rings is 1. The molecule has 1 aromatic carbocycles. The van der Waals surface area contributed by atoms with Gasteiger partial charge in [-0.1, -0.05) is 24.3 Å². The average Bonchev–Trinajstić information content (AvgIpc) is 3.28. The second-order valence-corrected chi connectivity index (χ2v) is 14.8. The first-order chi connectivity index (χ1) is 22.1. The Morgan fingerprint density at radius 2 is 1.76 bits per heavy atom. The van der Waals surface area contributed by atoms with E-state index in [-0.39, 0.29) is 46.9 Å². The van der Waals surface area contributed by atoms with Crippen molar-refractivity contribution in [3.05, 3.63) is 41.8 Å². The molecule has 2 bridgehead atoms. The van der Waals surface area contributed by atoms with E-state index >= 15 is 4.39 Å². The number of piperazine rings is 1. The number of carbonyl (C=O) groups is 1. The molecular weight excluding hydrogens is 590 g/mol. The monoisotopic (exact) mass is 632 g/mol. The van der Waals surface area contributed by atoms with Gasteiger partial charge in [-0.05, 0) is 84.4 Å². The van der Waals surface area contributed by atoms with Crippen LogP contribution in [0.15, 0.2) is 30.5 Å². The SMILES string of the molecule is CC(C)(C)OC(=O)N1C2CCC1CN(c1nc(OCC34CCCN3CCC4)nc3c(F)c(-c4ccccc4C4C[C@H]4F)ncc13)C2. The molecule has 244 valence electrons. The molecule has 0 radical (unpaired) electrons. The summed E-state index contributed by atoms with van der Waals surface area (Å²) in [5.74, 6) is -0.249. The lowest BCUT2D eigenvalue weighted by atomic mass is 9.95. The number of benzene rings is 1. The zero-order chi connectivity index (χ0) is 31.8. The molecule has 8 rings (SSSR count). The molecule has 4 atom stereocenters. The number of fused-ring (bicyclic) bond motifs is 4. The lowest BCUT2D eigenvalue weighted by molar-refractivity contribution is 0.0122. The van der Waals surface area contributed by atoms with Gasteiger partial charge in [0, 0.05) is 30.8 Å². The zero-order valence-electron chi connectivity index (χ0n) is 26.8. The van der Waals surface area contributed by atoms with Gasteiger partial charge in [0.25, 0.3) is 0 Å². The molecule has 2 aromatic heterocycles. The van der Waals surface area contributed by atoms with Crippen molar-refractivity contribution in [3.63, 3.8) is 0 Å². The van der Waals surface area contributed by atoms with Crippen LogP contribution in [0, 0.1) is 5.82 Å². The van der Waals surface area contributed by atoms with E-state index in [1.807, 2.05) is 43.9 Å². The van der Waals surface area contributed by atoms with E-state index in [1.54, 1.807) is 12.3 Å². The number of hydrogen-bond acceptors (Lipinski definition) is 8. The molecule has 5 aliphatic rings. The predicted octanol–water partition coefficient (Wildman–Crippen LogP) is 6.25. The highest BCUT2D eigenvalue weighted by molar-refractivity contribution is 5.92. The van der Waals surface area contributed by atoms with E-state index in [9.17, 15) is 9.18 Å². The molecule has 46 heavy (non-hydrogen) atoms. The molecule has 1 aliphatic carbocycles. The quantitative estimate of drug-likeness (QED) is 0.315. The van der Waals surface area contributed by atoms with Crippen LogP contribution in [0.4, 0.5) is 19.4 Å². The summed E-state index contributed by atoms with van der Waals surface area (Å²) in [5, 5.41) is 0.493. The van der Waals surface area contributed by atoms with Crippen molar-refractivity contribution in [1.82, 2.24) is 24.8 Å². The van der Waals surface area contributed by atoms with Crippen LogP contribution < -0.4 is 9.64 Å². The number of ether oxygens (including phenoxy) is 2. The third-order valence-electron chi connectivity index (χ3n) is 10.6. The number of nitrogens with zero attached hydrogens (tertiary/aromatic N) is 6. The van der Waals surface area contributed by atoms with Crippen LogP contribution >= 0.6 is 0 Å². The molecule has 4 saturated heterocycles. The lowest BCUT2D eigenvalue weighted by Gasteiger charge is -2.42. The Morgan fingerprint density at radius 3 is 2.43 bits per heavy atom. The van der Waals surface area contributed by atoms with Crippen LogP contribution in [0.1, 0.15) is 77.2 Å². The smallest absolute Gasteiger partial charge is 0.410 e. The minimum Gasteiger partial charge on any atom is -0.461 e. The van der Waals surface area contributed by atoms with Gasteiger partial charge in [0.15, 0.2) is 5.82 Å². The topological polar surface area (TPSA) is 83.9 Å². The average molecular weight is 633 g/mol. The van der Waals surface area contributed by atoms with E-state index in [2.05, 4.69) is 19.8 Å². The van der Waals surface area contributed by atoms with E-state index in [0.29, 0.717) is 42.9 Å². The summed E-state index contributed by atoms with van der Waals surface area (Å²) in [7, 11) is 0. The van der Waals surface area contributed by atoms with Gasteiger partial charge in [-0.3, -0.25) is 14.8 Å². The van der Waals surface area contributed by atoms with Crippen LogP contribution in [0.3, 0.4) is 0 Å². The third kappa shape index (κ3) is 5.15. The lowest BCUT2D eigenvalue weighted by Crippen LogP contribution is -2.57. The standard InChI is InChI=1S/C35H42F2N6O3/c1-34(2,3)46-33(44)43-21-10-11-22(43)19-41(18-21)31-26-17-38-29(24-9-5-4-8-23(24)25-16-27(25)36)28(37)30(26)39-32(40-31)45-20-35-12-6-14-42(35)15-7-13-35/h4-5,8-9,17,21-22,25,27H,6-7,10-16,18-20H2,1-3H3/t21?,22?,25?,27-/m1/s1. The van der Waals surface area contributed by atoms with Gasteiger partial charge in [-0.2, -0.15) is 9.97 Å². The number of halogens is 2. The summed E-state index contributed by atoms with van der Waals surface area (Å²) in [4.78, 5) is 33.9. The normalized spacial score (nSPS) is 26.9. The van der Waals surface area contributed by atoms with Crippen LogP contribution in [0.25, 0.3) is 22.2 Å². The largest absolute Gasteiger partial charge is 0.461 e. The molecule has 3 aromatic rings. The molecule has 4 aliphatic heterocycles. The van der Waals surface area contributed by atoms with Gasteiger partial charge in [0.2, 0.25) is 0 Å². The molecule has 1 amide bonds. The highest BCUT2D eigenvalue weighted by atomic mass is 19.1. The molecule has 0 N–H and O–H groups in total. The van der Waals surface area contributed by atoms with Crippen LogP contribution in [0.5, 0.6) is 6.01 Å². The molecule has 0 spiro atoms. The Balaban J connectivity index is 1.17.